The Bertz CT molecular complexity index is 489. The van der Waals surface area contributed by atoms with Gasteiger partial charge in [0, 0.05) is 6.26 Å². The Labute approximate surface area is 118 Å². The van der Waals surface area contributed by atoms with Gasteiger partial charge in [0.25, 0.3) is 0 Å². The molecule has 0 saturated carbocycles. The van der Waals surface area contributed by atoms with Crippen LogP contribution in [0.15, 0.2) is 23.1 Å². The molecule has 1 rings (SSSR count). The Kier molecular flexibility index (Phi) is 6.56. The Hall–Kier alpha value is -0.830. The average molecular weight is 281 g/mol. The molecule has 3 heteroatoms. The van der Waals surface area contributed by atoms with Crippen molar-refractivity contribution in [3.63, 3.8) is 0 Å². The highest BCUT2D eigenvalue weighted by atomic mass is 32.2. The molecule has 1 radical (unpaired) electrons. The number of benzene rings is 1. The van der Waals surface area contributed by atoms with Crippen LogP contribution in [0.1, 0.15) is 56.6 Å². The zero-order valence-electron chi connectivity index (χ0n) is 12.1. The molecule has 0 atom stereocenters. The van der Waals surface area contributed by atoms with E-state index in [0.29, 0.717) is 10.5 Å². The van der Waals surface area contributed by atoms with E-state index < -0.39 is 9.84 Å². The highest BCUT2D eigenvalue weighted by molar-refractivity contribution is 7.90. The standard InChI is InChI=1S/C16H25O2S/c1-4-5-6-7-8-9-10-15-12-11-14(2)16(13-15)19(3,17)18/h11-13H,2,4-10H2,1,3H3. The fourth-order valence-electron chi connectivity index (χ4n) is 2.21. The lowest BCUT2D eigenvalue weighted by atomic mass is 10.0. The molecule has 19 heavy (non-hydrogen) atoms. The van der Waals surface area contributed by atoms with Crippen LogP contribution in [-0.4, -0.2) is 14.7 Å². The molecular weight excluding hydrogens is 256 g/mol. The van der Waals surface area contributed by atoms with Gasteiger partial charge in [-0.15, -0.1) is 0 Å². The van der Waals surface area contributed by atoms with Crippen molar-refractivity contribution in [2.24, 2.45) is 0 Å². The van der Waals surface area contributed by atoms with E-state index in [1.807, 2.05) is 12.1 Å². The Morgan fingerprint density at radius 3 is 2.32 bits per heavy atom. The van der Waals surface area contributed by atoms with E-state index in [1.165, 1.54) is 38.4 Å². The highest BCUT2D eigenvalue weighted by Crippen LogP contribution is 2.18. The van der Waals surface area contributed by atoms with E-state index in [2.05, 4.69) is 13.8 Å². The van der Waals surface area contributed by atoms with Gasteiger partial charge in [0.05, 0.1) is 4.90 Å². The van der Waals surface area contributed by atoms with Gasteiger partial charge in [0.15, 0.2) is 9.84 Å². The molecule has 0 unspecified atom stereocenters. The number of rotatable bonds is 8. The highest BCUT2D eigenvalue weighted by Gasteiger charge is 2.11. The normalized spacial score (nSPS) is 11.7. The second-order valence-corrected chi connectivity index (χ2v) is 7.22. The lowest BCUT2D eigenvalue weighted by Gasteiger charge is -2.07. The second-order valence-electron chi connectivity index (χ2n) is 5.23. The van der Waals surface area contributed by atoms with E-state index in [4.69, 9.17) is 0 Å². The van der Waals surface area contributed by atoms with E-state index in [9.17, 15) is 8.42 Å². The van der Waals surface area contributed by atoms with E-state index in [-0.39, 0.29) is 0 Å². The molecule has 2 nitrogen and oxygen atoms in total. The Morgan fingerprint density at radius 2 is 1.68 bits per heavy atom. The van der Waals surface area contributed by atoms with Crippen molar-refractivity contribution >= 4 is 9.84 Å². The first-order chi connectivity index (χ1) is 8.95. The van der Waals surface area contributed by atoms with E-state index in [1.54, 1.807) is 6.07 Å². The van der Waals surface area contributed by atoms with E-state index in [0.717, 1.165) is 18.4 Å². The number of hydrogen-bond donors (Lipinski definition) is 0. The first kappa shape index (κ1) is 16.2. The van der Waals surface area contributed by atoms with Crippen LogP contribution in [0.25, 0.3) is 0 Å². The number of hydrogen-bond acceptors (Lipinski definition) is 2. The SMILES string of the molecule is [CH2]c1ccc(CCCCCCCC)cc1S(C)(=O)=O. The Balaban J connectivity index is 2.52. The summed E-state index contributed by atoms with van der Waals surface area (Å²) in [5.74, 6) is 0. The van der Waals surface area contributed by atoms with Crippen LogP contribution in [-0.2, 0) is 16.3 Å². The van der Waals surface area contributed by atoms with Gasteiger partial charge in [-0.2, -0.15) is 0 Å². The van der Waals surface area contributed by atoms with Crippen LogP contribution in [0.5, 0.6) is 0 Å². The maximum atomic E-state index is 11.6. The van der Waals surface area contributed by atoms with Crippen molar-refractivity contribution in [1.82, 2.24) is 0 Å². The molecule has 0 N–H and O–H groups in total. The molecule has 0 heterocycles. The zero-order chi connectivity index (χ0) is 14.3. The smallest absolute Gasteiger partial charge is 0.175 e. The molecule has 0 aromatic heterocycles. The fourth-order valence-corrected chi connectivity index (χ4v) is 3.12. The summed E-state index contributed by atoms with van der Waals surface area (Å²) in [7, 11) is -3.16. The maximum absolute atomic E-state index is 11.6. The molecule has 0 aliphatic carbocycles. The van der Waals surface area contributed by atoms with Crippen LogP contribution in [0.2, 0.25) is 0 Å². The maximum Gasteiger partial charge on any atom is 0.175 e. The molecule has 0 aliphatic rings. The van der Waals surface area contributed by atoms with Gasteiger partial charge < -0.3 is 0 Å². The third-order valence-corrected chi connectivity index (χ3v) is 4.53. The van der Waals surface area contributed by atoms with Gasteiger partial charge >= 0.3 is 0 Å². The van der Waals surface area contributed by atoms with Crippen LogP contribution in [0.3, 0.4) is 0 Å². The van der Waals surface area contributed by atoms with Gasteiger partial charge in [-0.3, -0.25) is 0 Å². The first-order valence-electron chi connectivity index (χ1n) is 7.10. The number of unbranched alkanes of at least 4 members (excludes halogenated alkanes) is 5. The quantitative estimate of drug-likeness (QED) is 0.670. The van der Waals surface area contributed by atoms with Gasteiger partial charge in [-0.05, 0) is 37.0 Å². The van der Waals surface area contributed by atoms with Crippen molar-refractivity contribution < 1.29 is 8.42 Å². The van der Waals surface area contributed by atoms with Crippen molar-refractivity contribution in [3.05, 3.63) is 36.2 Å². The topological polar surface area (TPSA) is 34.1 Å². The van der Waals surface area contributed by atoms with Gasteiger partial charge in [-0.1, -0.05) is 51.2 Å². The van der Waals surface area contributed by atoms with Gasteiger partial charge in [-0.25, -0.2) is 8.42 Å². The van der Waals surface area contributed by atoms with E-state index >= 15 is 0 Å². The molecule has 107 valence electrons. The second kappa shape index (κ2) is 7.68. The predicted molar refractivity (Wildman–Crippen MR) is 81.1 cm³/mol. The summed E-state index contributed by atoms with van der Waals surface area (Å²) in [5, 5.41) is 0. The predicted octanol–water partition coefficient (Wildman–Crippen LogP) is 4.18. The minimum Gasteiger partial charge on any atom is -0.224 e. The summed E-state index contributed by atoms with van der Waals surface area (Å²) in [4.78, 5) is 0.371. The largest absolute Gasteiger partial charge is 0.224 e. The van der Waals surface area contributed by atoms with Crippen molar-refractivity contribution in [2.45, 2.75) is 56.8 Å². The minimum atomic E-state index is -3.16. The van der Waals surface area contributed by atoms with Crippen LogP contribution < -0.4 is 0 Å². The van der Waals surface area contributed by atoms with Crippen molar-refractivity contribution in [2.75, 3.05) is 6.26 Å². The molecular formula is C16H25O2S. The summed E-state index contributed by atoms with van der Waals surface area (Å²) in [6, 6.07) is 5.58. The van der Waals surface area contributed by atoms with Gasteiger partial charge in [0.1, 0.15) is 0 Å². The lowest BCUT2D eigenvalue weighted by molar-refractivity contribution is 0.600. The summed E-state index contributed by atoms with van der Waals surface area (Å²) < 4.78 is 23.2. The molecule has 0 fully saturated rings. The lowest BCUT2D eigenvalue weighted by Crippen LogP contribution is -2.01. The number of aryl methyl sites for hydroxylation is 1. The molecule has 0 amide bonds. The van der Waals surface area contributed by atoms with Crippen LogP contribution >= 0.6 is 0 Å². The summed E-state index contributed by atoms with van der Waals surface area (Å²) >= 11 is 0. The molecule has 0 bridgehead atoms. The zero-order valence-corrected chi connectivity index (χ0v) is 12.9. The molecule has 0 saturated heterocycles. The molecule has 1 aromatic rings. The average Bonchev–Trinajstić information content (AvgIpc) is 2.34. The van der Waals surface area contributed by atoms with Gasteiger partial charge in [0.2, 0.25) is 0 Å². The van der Waals surface area contributed by atoms with Crippen LogP contribution in [0, 0.1) is 6.92 Å². The summed E-state index contributed by atoms with van der Waals surface area (Å²) in [6.45, 7) is 5.99. The minimum absolute atomic E-state index is 0.371. The Morgan fingerprint density at radius 1 is 1.05 bits per heavy atom. The molecule has 0 aliphatic heterocycles. The summed E-state index contributed by atoms with van der Waals surface area (Å²) in [5.41, 5.74) is 1.69. The first-order valence-corrected chi connectivity index (χ1v) is 8.99. The van der Waals surface area contributed by atoms with Crippen molar-refractivity contribution in [1.29, 1.82) is 0 Å². The van der Waals surface area contributed by atoms with Crippen LogP contribution in [0.4, 0.5) is 0 Å². The third kappa shape index (κ3) is 5.77. The third-order valence-electron chi connectivity index (χ3n) is 3.35. The van der Waals surface area contributed by atoms with Crippen molar-refractivity contribution in [3.8, 4) is 0 Å². The molecule has 1 aromatic carbocycles. The number of sulfone groups is 1. The molecule has 0 spiro atoms. The fraction of sp³-hybridized carbons (Fsp3) is 0.562. The summed E-state index contributed by atoms with van der Waals surface area (Å²) in [6.07, 6.45) is 9.71. The monoisotopic (exact) mass is 281 g/mol.